The fourth-order valence-electron chi connectivity index (χ4n) is 2.91. The zero-order chi connectivity index (χ0) is 21.0. The fourth-order valence-corrected chi connectivity index (χ4v) is 2.91. The second kappa shape index (κ2) is 8.59. The minimum absolute atomic E-state index is 0.0967. The van der Waals surface area contributed by atoms with E-state index < -0.39 is 12.1 Å². The van der Waals surface area contributed by atoms with Crippen LogP contribution in [0.2, 0.25) is 0 Å². The van der Waals surface area contributed by atoms with E-state index >= 15 is 0 Å². The van der Waals surface area contributed by atoms with Gasteiger partial charge in [0.2, 0.25) is 0 Å². The molecule has 152 valence electrons. The standard InChI is InChI=1S/C20H22N4O5/c1-5-28-19(25)14-11-21-24(18(14)23-20(26)29-6-2)16-10-12(3)13-8-7-9-15(27-4)17(13)22-16/h7-11H,5-6H2,1-4H3,(H,23,26). The molecule has 0 radical (unpaired) electrons. The first-order chi connectivity index (χ1) is 14.0. The monoisotopic (exact) mass is 398 g/mol. The number of nitrogens with one attached hydrogen (secondary N) is 1. The number of amides is 1. The van der Waals surface area contributed by atoms with Crippen LogP contribution in [0.25, 0.3) is 16.7 Å². The number of carbonyl (C=O) groups excluding carboxylic acids is 2. The van der Waals surface area contributed by atoms with Crippen molar-refractivity contribution in [3.8, 4) is 11.6 Å². The number of rotatable bonds is 6. The number of aryl methyl sites for hydroxylation is 1. The van der Waals surface area contributed by atoms with E-state index in [1.54, 1.807) is 27.0 Å². The Labute approximate surface area is 167 Å². The molecule has 3 aromatic rings. The first-order valence-electron chi connectivity index (χ1n) is 9.13. The third-order valence-electron chi connectivity index (χ3n) is 4.19. The topological polar surface area (TPSA) is 105 Å². The maximum absolute atomic E-state index is 12.3. The van der Waals surface area contributed by atoms with Gasteiger partial charge in [-0.15, -0.1) is 0 Å². The highest BCUT2D eigenvalue weighted by Gasteiger charge is 2.23. The summed E-state index contributed by atoms with van der Waals surface area (Å²) in [5, 5.41) is 7.73. The molecule has 1 amide bonds. The van der Waals surface area contributed by atoms with Crippen molar-refractivity contribution in [1.82, 2.24) is 14.8 Å². The highest BCUT2D eigenvalue weighted by atomic mass is 16.5. The van der Waals surface area contributed by atoms with E-state index in [9.17, 15) is 9.59 Å². The molecule has 29 heavy (non-hydrogen) atoms. The van der Waals surface area contributed by atoms with Crippen molar-refractivity contribution in [3.63, 3.8) is 0 Å². The highest BCUT2D eigenvalue weighted by Crippen LogP contribution is 2.29. The normalized spacial score (nSPS) is 10.6. The fraction of sp³-hybridized carbons (Fsp3) is 0.300. The lowest BCUT2D eigenvalue weighted by Gasteiger charge is -2.13. The Morgan fingerprint density at radius 2 is 1.93 bits per heavy atom. The molecule has 0 fully saturated rings. The van der Waals surface area contributed by atoms with Crippen LogP contribution >= 0.6 is 0 Å². The summed E-state index contributed by atoms with van der Waals surface area (Å²) in [6, 6.07) is 7.44. The van der Waals surface area contributed by atoms with E-state index in [2.05, 4.69) is 15.4 Å². The van der Waals surface area contributed by atoms with Crippen LogP contribution < -0.4 is 10.1 Å². The average molecular weight is 398 g/mol. The van der Waals surface area contributed by atoms with E-state index in [-0.39, 0.29) is 24.6 Å². The number of nitrogens with zero attached hydrogens (tertiary/aromatic N) is 3. The Hall–Kier alpha value is -3.62. The van der Waals surface area contributed by atoms with Crippen molar-refractivity contribution >= 4 is 28.8 Å². The summed E-state index contributed by atoms with van der Waals surface area (Å²) >= 11 is 0. The molecule has 9 nitrogen and oxygen atoms in total. The molecule has 0 aliphatic rings. The minimum atomic E-state index is -0.713. The van der Waals surface area contributed by atoms with Crippen LogP contribution in [0.15, 0.2) is 30.5 Å². The lowest BCUT2D eigenvalue weighted by molar-refractivity contribution is 0.0527. The van der Waals surface area contributed by atoms with Gasteiger partial charge in [0.15, 0.2) is 11.6 Å². The van der Waals surface area contributed by atoms with Crippen molar-refractivity contribution < 1.29 is 23.8 Å². The van der Waals surface area contributed by atoms with Crippen LogP contribution in [0.3, 0.4) is 0 Å². The summed E-state index contributed by atoms with van der Waals surface area (Å²) < 4.78 is 16.8. The zero-order valence-corrected chi connectivity index (χ0v) is 16.7. The Balaban J connectivity index is 2.17. The van der Waals surface area contributed by atoms with Gasteiger partial charge >= 0.3 is 12.1 Å². The van der Waals surface area contributed by atoms with E-state index in [0.717, 1.165) is 10.9 Å². The molecule has 0 atom stereocenters. The van der Waals surface area contributed by atoms with E-state index in [1.807, 2.05) is 25.1 Å². The van der Waals surface area contributed by atoms with E-state index in [0.29, 0.717) is 17.1 Å². The second-order valence-electron chi connectivity index (χ2n) is 6.04. The van der Waals surface area contributed by atoms with Gasteiger partial charge in [-0.2, -0.15) is 9.78 Å². The summed E-state index contributed by atoms with van der Waals surface area (Å²) in [5.41, 5.74) is 1.67. The minimum Gasteiger partial charge on any atom is -0.494 e. The molecule has 2 heterocycles. The quantitative estimate of drug-likeness (QED) is 0.634. The first kappa shape index (κ1) is 20.1. The van der Waals surface area contributed by atoms with Crippen molar-refractivity contribution in [2.24, 2.45) is 0 Å². The summed E-state index contributed by atoms with van der Waals surface area (Å²) in [7, 11) is 1.57. The molecule has 0 spiro atoms. The molecule has 0 unspecified atom stereocenters. The van der Waals surface area contributed by atoms with Gasteiger partial charge < -0.3 is 14.2 Å². The molecule has 1 N–H and O–H groups in total. The van der Waals surface area contributed by atoms with Gasteiger partial charge in [-0.3, -0.25) is 5.32 Å². The Kier molecular flexibility index (Phi) is 5.96. The predicted molar refractivity (Wildman–Crippen MR) is 107 cm³/mol. The van der Waals surface area contributed by atoms with Gasteiger partial charge in [0.25, 0.3) is 0 Å². The molecular formula is C20H22N4O5. The average Bonchev–Trinajstić information content (AvgIpc) is 3.11. The molecule has 3 rings (SSSR count). The summed E-state index contributed by atoms with van der Waals surface area (Å²) in [6.45, 7) is 5.68. The zero-order valence-electron chi connectivity index (χ0n) is 16.7. The molecule has 0 bridgehead atoms. The number of hydrogen-bond acceptors (Lipinski definition) is 7. The SMILES string of the molecule is CCOC(=O)Nc1c(C(=O)OCC)cnn1-c1cc(C)c2cccc(OC)c2n1. The number of hydrogen-bond donors (Lipinski definition) is 1. The Morgan fingerprint density at radius 3 is 2.62 bits per heavy atom. The third kappa shape index (κ3) is 3.98. The lowest BCUT2D eigenvalue weighted by Crippen LogP contribution is -2.19. The number of esters is 1. The van der Waals surface area contributed by atoms with Gasteiger partial charge in [-0.05, 0) is 38.5 Å². The van der Waals surface area contributed by atoms with Crippen LogP contribution in [-0.4, -0.2) is 47.2 Å². The molecule has 0 saturated carbocycles. The molecule has 0 aliphatic carbocycles. The number of benzene rings is 1. The number of para-hydroxylation sites is 1. The number of aromatic nitrogens is 3. The van der Waals surface area contributed by atoms with Crippen LogP contribution in [0.5, 0.6) is 5.75 Å². The van der Waals surface area contributed by atoms with Crippen molar-refractivity contribution in [1.29, 1.82) is 0 Å². The predicted octanol–water partition coefficient (Wildman–Crippen LogP) is 3.48. The maximum atomic E-state index is 12.3. The van der Waals surface area contributed by atoms with Gasteiger partial charge in [0.1, 0.15) is 16.8 Å². The second-order valence-corrected chi connectivity index (χ2v) is 6.04. The summed E-state index contributed by atoms with van der Waals surface area (Å²) in [6.07, 6.45) is 0.609. The van der Waals surface area contributed by atoms with E-state index in [4.69, 9.17) is 14.2 Å². The van der Waals surface area contributed by atoms with Gasteiger partial charge in [-0.25, -0.2) is 14.6 Å². The Morgan fingerprint density at radius 1 is 1.17 bits per heavy atom. The molecule has 2 aromatic heterocycles. The van der Waals surface area contributed by atoms with Crippen LogP contribution in [-0.2, 0) is 9.47 Å². The number of carbonyl (C=O) groups is 2. The van der Waals surface area contributed by atoms with E-state index in [1.165, 1.54) is 10.9 Å². The van der Waals surface area contributed by atoms with Crippen LogP contribution in [0, 0.1) is 6.92 Å². The van der Waals surface area contributed by atoms with Gasteiger partial charge in [0.05, 0.1) is 26.5 Å². The smallest absolute Gasteiger partial charge is 0.412 e. The van der Waals surface area contributed by atoms with Gasteiger partial charge in [-0.1, -0.05) is 12.1 Å². The van der Waals surface area contributed by atoms with Crippen LogP contribution in [0.1, 0.15) is 29.8 Å². The van der Waals surface area contributed by atoms with Crippen molar-refractivity contribution in [3.05, 3.63) is 41.6 Å². The molecule has 9 heteroatoms. The summed E-state index contributed by atoms with van der Waals surface area (Å²) in [5.74, 6) is 0.510. The number of anilines is 1. The largest absolute Gasteiger partial charge is 0.494 e. The summed E-state index contributed by atoms with van der Waals surface area (Å²) in [4.78, 5) is 29.0. The maximum Gasteiger partial charge on any atom is 0.412 e. The van der Waals surface area contributed by atoms with Gasteiger partial charge in [0, 0.05) is 5.39 Å². The molecule has 1 aromatic carbocycles. The van der Waals surface area contributed by atoms with Crippen molar-refractivity contribution in [2.75, 3.05) is 25.6 Å². The first-order valence-corrected chi connectivity index (χ1v) is 9.13. The molecule has 0 saturated heterocycles. The molecule has 0 aliphatic heterocycles. The van der Waals surface area contributed by atoms with Crippen molar-refractivity contribution in [2.45, 2.75) is 20.8 Å². The van der Waals surface area contributed by atoms with Crippen LogP contribution in [0.4, 0.5) is 10.6 Å². The number of methoxy groups -OCH3 is 1. The lowest BCUT2D eigenvalue weighted by atomic mass is 10.1. The third-order valence-corrected chi connectivity index (χ3v) is 4.19. The molecular weight excluding hydrogens is 376 g/mol. The highest BCUT2D eigenvalue weighted by molar-refractivity contribution is 5.99. The number of pyridine rings is 1. The Bertz CT molecular complexity index is 1060. The number of fused-ring (bicyclic) bond motifs is 1. The number of ether oxygens (including phenoxy) is 3.